The molecule has 2 aromatic rings. The first-order valence-corrected chi connectivity index (χ1v) is 7.22. The molecule has 0 heterocycles. The summed E-state index contributed by atoms with van der Waals surface area (Å²) in [6.07, 6.45) is 1.19. The van der Waals surface area contributed by atoms with Gasteiger partial charge in [-0.2, -0.15) is 8.78 Å². The lowest BCUT2D eigenvalue weighted by atomic mass is 10.2. The molecule has 0 aliphatic carbocycles. The molecule has 0 spiro atoms. The number of ether oxygens (including phenoxy) is 2. The molecule has 0 saturated carbocycles. The SMILES string of the molecule is COc1ccccc1NC(=O)CO/N=C\c1ccccc1OC(F)F. The molecule has 0 saturated heterocycles. The predicted octanol–water partition coefficient (Wildman–Crippen LogP) is 3.29. The van der Waals surface area contributed by atoms with Crippen molar-refractivity contribution >= 4 is 17.8 Å². The van der Waals surface area contributed by atoms with E-state index >= 15 is 0 Å². The van der Waals surface area contributed by atoms with Crippen molar-refractivity contribution in [2.75, 3.05) is 19.0 Å². The van der Waals surface area contributed by atoms with Crippen molar-refractivity contribution in [2.45, 2.75) is 6.61 Å². The lowest BCUT2D eigenvalue weighted by molar-refractivity contribution is -0.120. The van der Waals surface area contributed by atoms with Gasteiger partial charge in [-0.15, -0.1) is 0 Å². The maximum atomic E-state index is 12.3. The quantitative estimate of drug-likeness (QED) is 0.586. The zero-order valence-corrected chi connectivity index (χ0v) is 13.3. The number of rotatable bonds is 8. The Balaban J connectivity index is 1.88. The van der Waals surface area contributed by atoms with Crippen LogP contribution in [0.4, 0.5) is 14.5 Å². The molecule has 2 aromatic carbocycles. The molecule has 1 amide bonds. The van der Waals surface area contributed by atoms with Crippen molar-refractivity contribution in [1.29, 1.82) is 0 Å². The van der Waals surface area contributed by atoms with Crippen LogP contribution in [0, 0.1) is 0 Å². The number of amides is 1. The average Bonchev–Trinajstić information content (AvgIpc) is 2.60. The molecule has 0 fully saturated rings. The van der Waals surface area contributed by atoms with Gasteiger partial charge in [0.05, 0.1) is 19.0 Å². The van der Waals surface area contributed by atoms with E-state index in [0.29, 0.717) is 17.0 Å². The number of halogens is 2. The maximum Gasteiger partial charge on any atom is 0.387 e. The highest BCUT2D eigenvalue weighted by Crippen LogP contribution is 2.22. The smallest absolute Gasteiger partial charge is 0.387 e. The third-order valence-corrected chi connectivity index (χ3v) is 2.98. The molecule has 0 bridgehead atoms. The molecule has 1 N–H and O–H groups in total. The summed E-state index contributed by atoms with van der Waals surface area (Å²) in [4.78, 5) is 16.7. The number of alkyl halides is 2. The number of benzene rings is 2. The predicted molar refractivity (Wildman–Crippen MR) is 88.2 cm³/mol. The van der Waals surface area contributed by atoms with Gasteiger partial charge in [0.1, 0.15) is 11.5 Å². The molecule has 0 aliphatic heterocycles. The first kappa shape index (κ1) is 18.2. The van der Waals surface area contributed by atoms with E-state index in [1.54, 1.807) is 36.4 Å². The second-order valence-corrected chi connectivity index (χ2v) is 4.67. The van der Waals surface area contributed by atoms with Gasteiger partial charge in [-0.1, -0.05) is 29.4 Å². The molecule has 0 atom stereocenters. The number of oxime groups is 1. The Labute approximate surface area is 143 Å². The lowest BCUT2D eigenvalue weighted by Crippen LogP contribution is -2.17. The second-order valence-electron chi connectivity index (χ2n) is 4.67. The average molecular weight is 350 g/mol. The molecule has 0 aliphatic rings. The van der Waals surface area contributed by atoms with Crippen LogP contribution in [-0.4, -0.2) is 32.4 Å². The Morgan fingerprint density at radius 2 is 1.84 bits per heavy atom. The molecule has 0 unspecified atom stereocenters. The first-order valence-electron chi connectivity index (χ1n) is 7.22. The van der Waals surface area contributed by atoms with E-state index in [1.165, 1.54) is 25.5 Å². The fourth-order valence-electron chi connectivity index (χ4n) is 1.91. The van der Waals surface area contributed by atoms with Gasteiger partial charge in [-0.25, -0.2) is 0 Å². The van der Waals surface area contributed by atoms with Crippen LogP contribution in [0.25, 0.3) is 0 Å². The number of anilines is 1. The summed E-state index contributed by atoms with van der Waals surface area (Å²) in [5.41, 5.74) is 0.797. The van der Waals surface area contributed by atoms with Crippen LogP contribution in [0.3, 0.4) is 0 Å². The Hall–Kier alpha value is -3.16. The monoisotopic (exact) mass is 350 g/mol. The molecular weight excluding hydrogens is 334 g/mol. The van der Waals surface area contributed by atoms with E-state index < -0.39 is 12.5 Å². The summed E-state index contributed by atoms with van der Waals surface area (Å²) in [7, 11) is 1.49. The zero-order chi connectivity index (χ0) is 18.1. The van der Waals surface area contributed by atoms with Crippen molar-refractivity contribution in [3.8, 4) is 11.5 Å². The Bertz CT molecular complexity index is 738. The molecule has 2 rings (SSSR count). The van der Waals surface area contributed by atoms with E-state index in [4.69, 9.17) is 9.57 Å². The summed E-state index contributed by atoms with van der Waals surface area (Å²) < 4.78 is 34.1. The van der Waals surface area contributed by atoms with E-state index in [-0.39, 0.29) is 12.4 Å². The minimum atomic E-state index is -2.94. The van der Waals surface area contributed by atoms with Crippen molar-refractivity contribution in [2.24, 2.45) is 5.16 Å². The van der Waals surface area contributed by atoms with Gasteiger partial charge in [0.25, 0.3) is 5.91 Å². The number of para-hydroxylation sites is 3. The number of nitrogens with zero attached hydrogens (tertiary/aromatic N) is 1. The van der Waals surface area contributed by atoms with Crippen LogP contribution in [0.5, 0.6) is 11.5 Å². The highest BCUT2D eigenvalue weighted by Gasteiger charge is 2.08. The van der Waals surface area contributed by atoms with Crippen molar-refractivity contribution in [1.82, 2.24) is 0 Å². The standard InChI is InChI=1S/C17H16F2N2O4/c1-23-15-9-5-3-7-13(15)21-16(22)11-24-20-10-12-6-2-4-8-14(12)25-17(18)19/h2-10,17H,11H2,1H3,(H,21,22)/b20-10-. The highest BCUT2D eigenvalue weighted by atomic mass is 19.3. The number of methoxy groups -OCH3 is 1. The van der Waals surface area contributed by atoms with Crippen LogP contribution in [0.2, 0.25) is 0 Å². The van der Waals surface area contributed by atoms with Gasteiger partial charge in [0.15, 0.2) is 6.61 Å². The topological polar surface area (TPSA) is 69.2 Å². The Kier molecular flexibility index (Phi) is 6.70. The molecule has 6 nitrogen and oxygen atoms in total. The number of hydrogen-bond acceptors (Lipinski definition) is 5. The molecule has 25 heavy (non-hydrogen) atoms. The van der Waals surface area contributed by atoms with E-state index in [1.807, 2.05) is 0 Å². The summed E-state index contributed by atoms with van der Waals surface area (Å²) in [6.45, 7) is -3.30. The molecule has 132 valence electrons. The lowest BCUT2D eigenvalue weighted by Gasteiger charge is -2.09. The zero-order valence-electron chi connectivity index (χ0n) is 13.3. The highest BCUT2D eigenvalue weighted by molar-refractivity contribution is 5.93. The largest absolute Gasteiger partial charge is 0.495 e. The number of carbonyl (C=O) groups is 1. The van der Waals surface area contributed by atoms with Gasteiger partial charge in [0.2, 0.25) is 0 Å². The second kappa shape index (κ2) is 9.21. The fourth-order valence-corrected chi connectivity index (χ4v) is 1.91. The molecular formula is C17H16F2N2O4. The minimum Gasteiger partial charge on any atom is -0.495 e. The molecule has 8 heteroatoms. The van der Waals surface area contributed by atoms with Gasteiger partial charge >= 0.3 is 6.61 Å². The Morgan fingerprint density at radius 3 is 2.56 bits per heavy atom. The van der Waals surface area contributed by atoms with Gasteiger partial charge < -0.3 is 19.6 Å². The number of carbonyl (C=O) groups excluding carboxylic acids is 1. The molecule has 0 aromatic heterocycles. The fraction of sp³-hybridized carbons (Fsp3) is 0.176. The van der Waals surface area contributed by atoms with Crippen molar-refractivity contribution in [3.63, 3.8) is 0 Å². The first-order chi connectivity index (χ1) is 12.1. The van der Waals surface area contributed by atoms with Gasteiger partial charge in [-0.3, -0.25) is 4.79 Å². The van der Waals surface area contributed by atoms with Gasteiger partial charge in [-0.05, 0) is 24.3 Å². The third kappa shape index (κ3) is 5.76. The summed E-state index contributed by atoms with van der Waals surface area (Å²) in [5.74, 6) is 0.0273. The molecule has 0 radical (unpaired) electrons. The van der Waals surface area contributed by atoms with Crippen LogP contribution in [-0.2, 0) is 9.63 Å². The van der Waals surface area contributed by atoms with E-state index in [0.717, 1.165) is 0 Å². The van der Waals surface area contributed by atoms with Crippen LogP contribution < -0.4 is 14.8 Å². The summed E-state index contributed by atoms with van der Waals surface area (Å²) in [6, 6.07) is 13.0. The van der Waals surface area contributed by atoms with Crippen LogP contribution >= 0.6 is 0 Å². The third-order valence-electron chi connectivity index (χ3n) is 2.98. The van der Waals surface area contributed by atoms with Crippen LogP contribution in [0.15, 0.2) is 53.7 Å². The van der Waals surface area contributed by atoms with E-state index in [9.17, 15) is 13.6 Å². The number of nitrogens with one attached hydrogen (secondary N) is 1. The normalized spacial score (nSPS) is 10.7. The number of hydrogen-bond donors (Lipinski definition) is 1. The summed E-state index contributed by atoms with van der Waals surface area (Å²) >= 11 is 0. The maximum absolute atomic E-state index is 12.3. The van der Waals surface area contributed by atoms with Crippen molar-refractivity contribution < 1.29 is 27.9 Å². The van der Waals surface area contributed by atoms with Crippen molar-refractivity contribution in [3.05, 3.63) is 54.1 Å². The summed E-state index contributed by atoms with van der Waals surface area (Å²) in [5, 5.41) is 6.20. The van der Waals surface area contributed by atoms with Gasteiger partial charge in [0, 0.05) is 5.56 Å². The van der Waals surface area contributed by atoms with E-state index in [2.05, 4.69) is 15.2 Å². The Morgan fingerprint density at radius 1 is 1.16 bits per heavy atom. The van der Waals surface area contributed by atoms with Crippen LogP contribution in [0.1, 0.15) is 5.56 Å². The minimum absolute atomic E-state index is 0.0386.